The van der Waals surface area contributed by atoms with E-state index in [1.165, 1.54) is 12.4 Å². The summed E-state index contributed by atoms with van der Waals surface area (Å²) in [6.07, 6.45) is -5.15. The van der Waals surface area contributed by atoms with E-state index in [2.05, 4.69) is 4.84 Å². The van der Waals surface area contributed by atoms with Crippen LogP contribution in [0.1, 0.15) is 5.56 Å². The lowest BCUT2D eigenvalue weighted by Crippen LogP contribution is -2.19. The largest absolute Gasteiger partial charge is 0.543 e. The van der Waals surface area contributed by atoms with Gasteiger partial charge in [0, 0.05) is 12.1 Å². The molecule has 104 valence electrons. The third-order valence-corrected chi connectivity index (χ3v) is 1.90. The SMILES string of the molecule is Cc1cc([N+](=O)[O-])c(NOC(F)(F)F)c([N+](=O)[O-])c1. The number of nitro groups is 2. The number of rotatable bonds is 4. The molecule has 0 aliphatic carbocycles. The van der Waals surface area contributed by atoms with Crippen molar-refractivity contribution in [1.82, 2.24) is 0 Å². The average molecular weight is 281 g/mol. The summed E-state index contributed by atoms with van der Waals surface area (Å²) in [5, 5.41) is 21.4. The van der Waals surface area contributed by atoms with E-state index in [1.807, 2.05) is 0 Å². The van der Waals surface area contributed by atoms with E-state index in [1.54, 1.807) is 0 Å². The maximum atomic E-state index is 11.9. The minimum absolute atomic E-state index is 0.149. The van der Waals surface area contributed by atoms with Gasteiger partial charge in [0.05, 0.1) is 9.85 Å². The lowest BCUT2D eigenvalue weighted by atomic mass is 10.1. The van der Waals surface area contributed by atoms with Crippen LogP contribution in [-0.2, 0) is 4.84 Å². The Hall–Kier alpha value is -2.43. The number of nitrogens with one attached hydrogen (secondary N) is 1. The van der Waals surface area contributed by atoms with Gasteiger partial charge in [-0.3, -0.25) is 20.2 Å². The van der Waals surface area contributed by atoms with Crippen molar-refractivity contribution in [2.75, 3.05) is 5.48 Å². The van der Waals surface area contributed by atoms with E-state index < -0.39 is 33.3 Å². The second-order valence-corrected chi connectivity index (χ2v) is 3.34. The minimum atomic E-state index is -5.15. The number of hydrogen-bond donors (Lipinski definition) is 1. The molecular weight excluding hydrogens is 275 g/mol. The molecule has 0 atom stereocenters. The van der Waals surface area contributed by atoms with Gasteiger partial charge in [-0.25, -0.2) is 5.48 Å². The van der Waals surface area contributed by atoms with Crippen LogP contribution in [0.4, 0.5) is 30.2 Å². The smallest absolute Gasteiger partial charge is 0.258 e. The van der Waals surface area contributed by atoms with Crippen LogP contribution in [0.25, 0.3) is 0 Å². The number of anilines is 1. The molecular formula is C8H6F3N3O5. The third kappa shape index (κ3) is 3.77. The molecule has 0 saturated heterocycles. The van der Waals surface area contributed by atoms with Gasteiger partial charge in [-0.05, 0) is 12.5 Å². The number of alkyl halides is 3. The number of halogens is 3. The lowest BCUT2D eigenvalue weighted by molar-refractivity contribution is -0.393. The van der Waals surface area contributed by atoms with Gasteiger partial charge in [0.15, 0.2) is 0 Å². The first kappa shape index (κ1) is 14.6. The molecule has 1 aromatic rings. The predicted octanol–water partition coefficient (Wildman–Crippen LogP) is 2.67. The van der Waals surface area contributed by atoms with Crippen molar-refractivity contribution in [3.63, 3.8) is 0 Å². The molecule has 0 heterocycles. The topological polar surface area (TPSA) is 108 Å². The summed E-state index contributed by atoms with van der Waals surface area (Å²) in [5.74, 6) is 0. The Balaban J connectivity index is 3.31. The second kappa shape index (κ2) is 5.06. The zero-order valence-corrected chi connectivity index (χ0v) is 9.22. The summed E-state index contributed by atoms with van der Waals surface area (Å²) < 4.78 is 35.6. The monoisotopic (exact) mass is 281 g/mol. The molecule has 0 aromatic heterocycles. The fraction of sp³-hybridized carbons (Fsp3) is 0.250. The van der Waals surface area contributed by atoms with Gasteiger partial charge in [0.25, 0.3) is 0 Å². The van der Waals surface area contributed by atoms with Crippen LogP contribution in [0.5, 0.6) is 0 Å². The molecule has 1 rings (SSSR count). The summed E-state index contributed by atoms with van der Waals surface area (Å²) in [4.78, 5) is 22.4. The van der Waals surface area contributed by atoms with Crippen molar-refractivity contribution >= 4 is 17.1 Å². The molecule has 0 amide bonds. The Kier molecular flexibility index (Phi) is 3.89. The van der Waals surface area contributed by atoms with Crippen LogP contribution >= 0.6 is 0 Å². The summed E-state index contributed by atoms with van der Waals surface area (Å²) >= 11 is 0. The highest BCUT2D eigenvalue weighted by molar-refractivity contribution is 5.73. The zero-order valence-electron chi connectivity index (χ0n) is 9.22. The van der Waals surface area contributed by atoms with Gasteiger partial charge >= 0.3 is 17.7 Å². The molecule has 0 saturated carbocycles. The maximum Gasteiger partial charge on any atom is 0.543 e. The summed E-state index contributed by atoms with van der Waals surface area (Å²) in [7, 11) is 0. The van der Waals surface area contributed by atoms with Gasteiger partial charge in [-0.1, -0.05) is 0 Å². The highest BCUT2D eigenvalue weighted by Crippen LogP contribution is 2.36. The van der Waals surface area contributed by atoms with E-state index in [0.29, 0.717) is 0 Å². The normalized spacial score (nSPS) is 11.2. The first-order valence-corrected chi connectivity index (χ1v) is 4.56. The number of benzene rings is 1. The Morgan fingerprint density at radius 1 is 1.16 bits per heavy atom. The van der Waals surface area contributed by atoms with Crippen molar-refractivity contribution in [1.29, 1.82) is 0 Å². The van der Waals surface area contributed by atoms with Gasteiger partial charge in [-0.15, -0.1) is 13.2 Å². The van der Waals surface area contributed by atoms with E-state index in [-0.39, 0.29) is 5.56 Å². The summed E-state index contributed by atoms with van der Waals surface area (Å²) in [5.41, 5.74) is -1.41. The Morgan fingerprint density at radius 3 is 1.89 bits per heavy atom. The number of nitro benzene ring substituents is 2. The van der Waals surface area contributed by atoms with Crippen molar-refractivity contribution in [3.05, 3.63) is 37.9 Å². The number of aryl methyl sites for hydroxylation is 1. The molecule has 11 heteroatoms. The standard InChI is InChI=1S/C8H6F3N3O5/c1-4-2-5(13(15)16)7(6(3-4)14(17)18)12-19-8(9,10)11/h2-3,12H,1H3. The Labute approximate surface area is 103 Å². The third-order valence-electron chi connectivity index (χ3n) is 1.90. The summed E-state index contributed by atoms with van der Waals surface area (Å²) in [6, 6.07) is 1.77. The van der Waals surface area contributed by atoms with Gasteiger partial charge in [0.2, 0.25) is 5.69 Å². The predicted molar refractivity (Wildman–Crippen MR) is 55.3 cm³/mol. The molecule has 0 unspecified atom stereocenters. The van der Waals surface area contributed by atoms with Gasteiger partial charge < -0.3 is 0 Å². The minimum Gasteiger partial charge on any atom is -0.258 e. The molecule has 0 aliphatic heterocycles. The molecule has 1 aromatic carbocycles. The van der Waals surface area contributed by atoms with Crippen molar-refractivity contribution in [3.8, 4) is 0 Å². The zero-order chi connectivity index (χ0) is 14.8. The quantitative estimate of drug-likeness (QED) is 0.671. The average Bonchev–Trinajstić information content (AvgIpc) is 2.24. The van der Waals surface area contributed by atoms with Crippen molar-refractivity contribution in [2.24, 2.45) is 0 Å². The first-order valence-electron chi connectivity index (χ1n) is 4.56. The van der Waals surface area contributed by atoms with Crippen LogP contribution < -0.4 is 5.48 Å². The van der Waals surface area contributed by atoms with Crippen molar-refractivity contribution < 1.29 is 27.9 Å². The Bertz CT molecular complexity index is 496. The van der Waals surface area contributed by atoms with E-state index in [4.69, 9.17) is 0 Å². The van der Waals surface area contributed by atoms with Crippen LogP contribution in [0.3, 0.4) is 0 Å². The van der Waals surface area contributed by atoms with E-state index >= 15 is 0 Å². The van der Waals surface area contributed by atoms with Crippen molar-refractivity contribution in [2.45, 2.75) is 13.3 Å². The molecule has 0 spiro atoms. The molecule has 0 radical (unpaired) electrons. The van der Waals surface area contributed by atoms with Crippen LogP contribution in [0.2, 0.25) is 0 Å². The highest BCUT2D eigenvalue weighted by Gasteiger charge is 2.34. The van der Waals surface area contributed by atoms with E-state index in [9.17, 15) is 33.4 Å². The lowest BCUT2D eigenvalue weighted by Gasteiger charge is -2.10. The Morgan fingerprint density at radius 2 is 1.58 bits per heavy atom. The highest BCUT2D eigenvalue weighted by atomic mass is 19.4. The van der Waals surface area contributed by atoms with Crippen LogP contribution in [-0.4, -0.2) is 16.2 Å². The molecule has 0 fully saturated rings. The first-order chi connectivity index (χ1) is 8.61. The van der Waals surface area contributed by atoms with E-state index in [0.717, 1.165) is 12.1 Å². The molecule has 19 heavy (non-hydrogen) atoms. The summed E-state index contributed by atoms with van der Waals surface area (Å²) in [6.45, 7) is 1.33. The molecule has 1 N–H and O–H groups in total. The van der Waals surface area contributed by atoms with Gasteiger partial charge in [0.1, 0.15) is 0 Å². The fourth-order valence-electron chi connectivity index (χ4n) is 1.25. The molecule has 8 nitrogen and oxygen atoms in total. The number of nitrogens with zero attached hydrogens (tertiary/aromatic N) is 2. The van der Waals surface area contributed by atoms with Gasteiger partial charge in [-0.2, -0.15) is 4.84 Å². The van der Waals surface area contributed by atoms with Crippen LogP contribution in [0.15, 0.2) is 12.1 Å². The maximum absolute atomic E-state index is 11.9. The number of hydrogen-bond acceptors (Lipinski definition) is 6. The van der Waals surface area contributed by atoms with Crippen LogP contribution in [0, 0.1) is 27.2 Å². The molecule has 0 bridgehead atoms. The second-order valence-electron chi connectivity index (χ2n) is 3.34. The fourth-order valence-corrected chi connectivity index (χ4v) is 1.25. The molecule has 0 aliphatic rings.